The third-order valence-corrected chi connectivity index (χ3v) is 11.0. The Morgan fingerprint density at radius 2 is 1.39 bits per heavy atom. The number of carbonyl (C=O) groups excluding carboxylic acids is 6. The van der Waals surface area contributed by atoms with Crippen LogP contribution in [0.15, 0.2) is 94.8 Å². The van der Waals surface area contributed by atoms with Crippen molar-refractivity contribution in [1.82, 2.24) is 31.3 Å². The Kier molecular flexibility index (Phi) is 22.1. The van der Waals surface area contributed by atoms with Crippen molar-refractivity contribution in [2.75, 3.05) is 26.2 Å². The fourth-order valence-electron chi connectivity index (χ4n) is 5.91. The lowest BCUT2D eigenvalue weighted by Gasteiger charge is -2.26. The molecule has 0 aliphatic carbocycles. The lowest BCUT2D eigenvalue weighted by Crippen LogP contribution is -2.57. The highest BCUT2D eigenvalue weighted by Crippen LogP contribution is 2.13. The van der Waals surface area contributed by atoms with E-state index in [1.54, 1.807) is 64.1 Å². The maximum absolute atomic E-state index is 14.0. The smallest absolute Gasteiger partial charge is 0.408 e. The number of carbonyl (C=O) groups is 6. The average molecular weight is 937 g/mol. The summed E-state index contributed by atoms with van der Waals surface area (Å²) in [7, 11) is -4.03. The molecule has 3 aromatic rings. The van der Waals surface area contributed by atoms with E-state index in [1.807, 2.05) is 50.2 Å². The Bertz CT molecular complexity index is 2190. The van der Waals surface area contributed by atoms with E-state index in [0.29, 0.717) is 6.42 Å². The van der Waals surface area contributed by atoms with Gasteiger partial charge < -0.3 is 46.5 Å². The predicted octanol–water partition coefficient (Wildman–Crippen LogP) is 2.86. The Balaban J connectivity index is 1.74. The third-order valence-electron chi connectivity index (χ3n) is 9.65. The SMILES string of the molecule is CC[C@H](C)[C@H](NC(=O)OC(C)(C)C)C(=O)NCC(=O)N[C@@H](COCc1ccccc1)C(=O)N[C@@H](CCCN=C(N)NS(=O)(=O)c1ccc(C)cc1)C(=O)NCCC(=O)OCc1ccccc1. The molecule has 0 saturated carbocycles. The highest BCUT2D eigenvalue weighted by molar-refractivity contribution is 7.90. The zero-order valence-corrected chi connectivity index (χ0v) is 39.2. The highest BCUT2D eigenvalue weighted by Gasteiger charge is 2.30. The largest absolute Gasteiger partial charge is 0.461 e. The third kappa shape index (κ3) is 20.5. The van der Waals surface area contributed by atoms with Gasteiger partial charge in [0.1, 0.15) is 30.3 Å². The van der Waals surface area contributed by atoms with E-state index in [2.05, 4.69) is 36.3 Å². The molecule has 0 saturated heterocycles. The summed E-state index contributed by atoms with van der Waals surface area (Å²) < 4.78 is 44.3. The number of nitrogens with zero attached hydrogens (tertiary/aromatic N) is 1. The molecule has 0 aromatic heterocycles. The van der Waals surface area contributed by atoms with E-state index in [9.17, 15) is 37.2 Å². The second-order valence-electron chi connectivity index (χ2n) is 16.4. The van der Waals surface area contributed by atoms with Crippen LogP contribution in [0.4, 0.5) is 4.79 Å². The summed E-state index contributed by atoms with van der Waals surface area (Å²) in [6, 6.07) is 20.6. The molecule has 0 fully saturated rings. The molecule has 19 nitrogen and oxygen atoms in total. The number of hydrogen-bond donors (Lipinski definition) is 7. The number of esters is 1. The number of nitrogens with two attached hydrogens (primary N) is 1. The first-order chi connectivity index (χ1) is 31.3. The lowest BCUT2D eigenvalue weighted by atomic mass is 9.98. The van der Waals surface area contributed by atoms with Gasteiger partial charge in [0.2, 0.25) is 29.6 Å². The Morgan fingerprint density at radius 1 is 0.773 bits per heavy atom. The van der Waals surface area contributed by atoms with Crippen LogP contribution in [0.3, 0.4) is 0 Å². The molecule has 0 heterocycles. The van der Waals surface area contributed by atoms with E-state index in [-0.39, 0.29) is 63.0 Å². The summed E-state index contributed by atoms with van der Waals surface area (Å²) >= 11 is 0. The topological polar surface area (TPSA) is 275 Å². The van der Waals surface area contributed by atoms with Crippen LogP contribution in [0.5, 0.6) is 0 Å². The zero-order valence-electron chi connectivity index (χ0n) is 38.4. The number of amides is 5. The minimum absolute atomic E-state index is 0.0167. The number of benzene rings is 3. The van der Waals surface area contributed by atoms with Crippen LogP contribution in [0.25, 0.3) is 0 Å². The van der Waals surface area contributed by atoms with Crippen molar-refractivity contribution in [2.24, 2.45) is 16.6 Å². The summed E-state index contributed by atoms with van der Waals surface area (Å²) in [4.78, 5) is 83.3. The number of sulfonamides is 1. The predicted molar refractivity (Wildman–Crippen MR) is 247 cm³/mol. The summed E-state index contributed by atoms with van der Waals surface area (Å²) in [6.07, 6.45) is -0.391. The van der Waals surface area contributed by atoms with Crippen molar-refractivity contribution in [2.45, 2.75) is 109 Å². The Morgan fingerprint density at radius 3 is 2.00 bits per heavy atom. The van der Waals surface area contributed by atoms with Gasteiger partial charge in [0.15, 0.2) is 0 Å². The van der Waals surface area contributed by atoms with Crippen molar-refractivity contribution in [1.29, 1.82) is 0 Å². The van der Waals surface area contributed by atoms with E-state index in [1.165, 1.54) is 12.1 Å². The van der Waals surface area contributed by atoms with Gasteiger partial charge in [-0.1, -0.05) is 98.6 Å². The molecule has 0 radical (unpaired) electrons. The number of alkyl carbamates (subject to hydrolysis) is 1. The van der Waals surface area contributed by atoms with E-state index in [4.69, 9.17) is 19.9 Å². The number of hydrogen-bond acceptors (Lipinski definition) is 12. The molecule has 4 atom stereocenters. The highest BCUT2D eigenvalue weighted by atomic mass is 32.2. The van der Waals surface area contributed by atoms with Gasteiger partial charge in [-0.15, -0.1) is 0 Å². The molecule has 0 aliphatic rings. The van der Waals surface area contributed by atoms with Crippen LogP contribution >= 0.6 is 0 Å². The first kappa shape index (κ1) is 53.8. The van der Waals surface area contributed by atoms with Crippen LogP contribution in [0.2, 0.25) is 0 Å². The van der Waals surface area contributed by atoms with Gasteiger partial charge in [-0.25, -0.2) is 17.9 Å². The van der Waals surface area contributed by atoms with Crippen LogP contribution < -0.4 is 37.0 Å². The number of ether oxygens (including phenoxy) is 3. The van der Waals surface area contributed by atoms with Crippen LogP contribution in [0, 0.1) is 12.8 Å². The maximum atomic E-state index is 14.0. The normalized spacial score (nSPS) is 13.5. The standard InChI is InChI=1S/C46H64N8O11S/c1-7-32(3)40(53-45(60)65-46(4,5)6)43(59)50-27-38(55)51-37(30-63-28-33-15-10-8-11-16-33)42(58)52-36(41(57)48-26-24-39(56)64-29-34-17-12-9-13-18-34)19-14-25-49-44(47)54-66(61,62)35-22-20-31(2)21-23-35/h8-13,15-18,20-23,32,36-37,40H,7,14,19,24-30H2,1-6H3,(H,48,57)(H,50,59)(H,51,55)(H,52,58)(H,53,60)(H3,47,49,54)/t32-,36-,37-,40-/m0/s1. The molecule has 8 N–H and O–H groups in total. The summed E-state index contributed by atoms with van der Waals surface area (Å²) in [5.41, 5.74) is 7.51. The molecule has 0 unspecified atom stereocenters. The molecular weight excluding hydrogens is 873 g/mol. The van der Waals surface area contributed by atoms with Crippen LogP contribution in [0.1, 0.15) is 77.0 Å². The van der Waals surface area contributed by atoms with E-state index < -0.39 is 81.9 Å². The van der Waals surface area contributed by atoms with E-state index in [0.717, 1.165) is 16.7 Å². The fourth-order valence-corrected chi connectivity index (χ4v) is 6.87. The van der Waals surface area contributed by atoms with Crippen LogP contribution in [-0.2, 0) is 61.4 Å². The van der Waals surface area contributed by atoms with Crippen molar-refractivity contribution in [3.05, 3.63) is 102 Å². The fraction of sp³-hybridized carbons (Fsp3) is 0.457. The van der Waals surface area contributed by atoms with Gasteiger partial charge in [0.05, 0.1) is 31.1 Å². The molecule has 0 spiro atoms. The summed E-state index contributed by atoms with van der Waals surface area (Å²) in [5, 5.41) is 12.9. The first-order valence-electron chi connectivity index (χ1n) is 21.6. The number of nitrogens with one attached hydrogen (secondary N) is 6. The molecule has 0 bridgehead atoms. The quantitative estimate of drug-likeness (QED) is 0.0280. The van der Waals surface area contributed by atoms with Gasteiger partial charge >= 0.3 is 12.1 Å². The van der Waals surface area contributed by atoms with Crippen molar-refractivity contribution in [3.8, 4) is 0 Å². The molecule has 20 heteroatoms. The molecule has 0 aliphatic heterocycles. The van der Waals surface area contributed by atoms with E-state index >= 15 is 0 Å². The molecule has 3 rings (SSSR count). The maximum Gasteiger partial charge on any atom is 0.408 e. The van der Waals surface area contributed by atoms with Crippen LogP contribution in [-0.4, -0.2) is 100 Å². The molecule has 3 aromatic carbocycles. The number of aliphatic imine (C=N–C) groups is 1. The van der Waals surface area contributed by atoms with Gasteiger partial charge in [0.25, 0.3) is 10.0 Å². The Labute approximate surface area is 386 Å². The second kappa shape index (κ2) is 27.1. The van der Waals surface area contributed by atoms with Gasteiger partial charge in [-0.2, -0.15) is 0 Å². The minimum atomic E-state index is -4.03. The zero-order chi connectivity index (χ0) is 48.7. The molecule has 66 heavy (non-hydrogen) atoms. The molecule has 360 valence electrons. The number of rotatable bonds is 25. The molecular formula is C46H64N8O11S. The van der Waals surface area contributed by atoms with Crippen molar-refractivity contribution < 1.29 is 51.4 Å². The summed E-state index contributed by atoms with van der Waals surface area (Å²) in [6.45, 7) is 9.44. The monoisotopic (exact) mass is 936 g/mol. The first-order valence-corrected chi connectivity index (χ1v) is 23.1. The summed E-state index contributed by atoms with van der Waals surface area (Å²) in [5.74, 6) is -4.22. The minimum Gasteiger partial charge on any atom is -0.461 e. The van der Waals surface area contributed by atoms with Gasteiger partial charge in [0, 0.05) is 13.1 Å². The molecule has 5 amide bonds. The Hall–Kier alpha value is -6.54. The average Bonchev–Trinajstić information content (AvgIpc) is 3.27. The van der Waals surface area contributed by atoms with Crippen molar-refractivity contribution >= 4 is 51.7 Å². The second-order valence-corrected chi connectivity index (χ2v) is 18.1. The lowest BCUT2D eigenvalue weighted by molar-refractivity contribution is -0.145. The van der Waals surface area contributed by atoms with Gasteiger partial charge in [-0.3, -0.25) is 29.0 Å². The van der Waals surface area contributed by atoms with Crippen molar-refractivity contribution in [3.63, 3.8) is 0 Å². The number of aryl methyl sites for hydroxylation is 1. The number of guanidine groups is 1. The van der Waals surface area contributed by atoms with Gasteiger partial charge in [-0.05, 0) is 69.7 Å².